The summed E-state index contributed by atoms with van der Waals surface area (Å²) in [7, 11) is 0. The number of benzene rings is 1. The van der Waals surface area contributed by atoms with Crippen molar-refractivity contribution in [3.05, 3.63) is 35.9 Å². The molecule has 0 aliphatic heterocycles. The first-order valence-electron chi connectivity index (χ1n) is 6.64. The van der Waals surface area contributed by atoms with Gasteiger partial charge in [0.15, 0.2) is 0 Å². The summed E-state index contributed by atoms with van der Waals surface area (Å²) in [6, 6.07) is 10.6. The van der Waals surface area contributed by atoms with E-state index in [0.29, 0.717) is 0 Å². The predicted molar refractivity (Wildman–Crippen MR) is 75.1 cm³/mol. The molecule has 0 fully saturated rings. The number of nitrogens with one attached hydrogen (secondary N) is 2. The van der Waals surface area contributed by atoms with Gasteiger partial charge in [0.1, 0.15) is 0 Å². The third-order valence-electron chi connectivity index (χ3n) is 2.89. The highest BCUT2D eigenvalue weighted by molar-refractivity contribution is 5.14. The van der Waals surface area contributed by atoms with Gasteiger partial charge in [-0.15, -0.1) is 0 Å². The smallest absolute Gasteiger partial charge is 0.0252 e. The summed E-state index contributed by atoms with van der Waals surface area (Å²) in [5.74, 6) is 0. The van der Waals surface area contributed by atoms with E-state index in [1.165, 1.54) is 18.4 Å². The fourth-order valence-corrected chi connectivity index (χ4v) is 1.70. The number of rotatable bonds is 8. The van der Waals surface area contributed by atoms with Crippen molar-refractivity contribution in [2.75, 3.05) is 13.1 Å². The zero-order valence-corrected chi connectivity index (χ0v) is 11.4. The van der Waals surface area contributed by atoms with Gasteiger partial charge in [0.2, 0.25) is 0 Å². The molecule has 0 atom stereocenters. The number of hydrogen-bond acceptors (Lipinski definition) is 2. The van der Waals surface area contributed by atoms with Crippen LogP contribution in [0, 0.1) is 0 Å². The molecule has 1 rings (SSSR count). The largest absolute Gasteiger partial charge is 0.315 e. The van der Waals surface area contributed by atoms with E-state index in [1.54, 1.807) is 0 Å². The van der Waals surface area contributed by atoms with Crippen molar-refractivity contribution in [2.24, 2.45) is 0 Å². The summed E-state index contributed by atoms with van der Waals surface area (Å²) in [6.45, 7) is 9.78. The average molecular weight is 234 g/mol. The van der Waals surface area contributed by atoms with Gasteiger partial charge >= 0.3 is 0 Å². The monoisotopic (exact) mass is 234 g/mol. The van der Waals surface area contributed by atoms with Crippen LogP contribution < -0.4 is 10.6 Å². The Hall–Kier alpha value is -0.860. The van der Waals surface area contributed by atoms with Gasteiger partial charge in [0, 0.05) is 18.6 Å². The van der Waals surface area contributed by atoms with Gasteiger partial charge in [-0.1, -0.05) is 43.7 Å². The Kier molecular flexibility index (Phi) is 6.23. The summed E-state index contributed by atoms with van der Waals surface area (Å²) in [5, 5.41) is 7.09. The molecular weight excluding hydrogens is 208 g/mol. The highest BCUT2D eigenvalue weighted by Gasteiger charge is 2.15. The molecule has 0 aliphatic carbocycles. The molecule has 2 N–H and O–H groups in total. The molecule has 0 aromatic heterocycles. The third kappa shape index (κ3) is 6.44. The highest BCUT2D eigenvalue weighted by Crippen LogP contribution is 2.04. The molecule has 0 radical (unpaired) electrons. The Labute approximate surface area is 106 Å². The first-order chi connectivity index (χ1) is 8.14. The molecule has 0 bridgehead atoms. The van der Waals surface area contributed by atoms with Gasteiger partial charge in [0.25, 0.3) is 0 Å². The van der Waals surface area contributed by atoms with E-state index in [-0.39, 0.29) is 5.54 Å². The van der Waals surface area contributed by atoms with Crippen LogP contribution in [0.4, 0.5) is 0 Å². The first kappa shape index (κ1) is 14.2. The predicted octanol–water partition coefficient (Wildman–Crippen LogP) is 2.94. The van der Waals surface area contributed by atoms with Gasteiger partial charge in [-0.05, 0) is 32.4 Å². The zero-order valence-electron chi connectivity index (χ0n) is 11.4. The van der Waals surface area contributed by atoms with Crippen LogP contribution in [0.1, 0.15) is 39.2 Å². The van der Waals surface area contributed by atoms with Gasteiger partial charge in [0.05, 0.1) is 0 Å². The fraction of sp³-hybridized carbons (Fsp3) is 0.600. The molecule has 0 spiro atoms. The van der Waals surface area contributed by atoms with Crippen LogP contribution in [0.25, 0.3) is 0 Å². The van der Waals surface area contributed by atoms with Crippen LogP contribution in [0.2, 0.25) is 0 Å². The minimum Gasteiger partial charge on any atom is -0.315 e. The van der Waals surface area contributed by atoms with Crippen LogP contribution in [0.3, 0.4) is 0 Å². The van der Waals surface area contributed by atoms with Crippen molar-refractivity contribution < 1.29 is 0 Å². The summed E-state index contributed by atoms with van der Waals surface area (Å²) in [4.78, 5) is 0. The zero-order chi connectivity index (χ0) is 12.6. The molecule has 0 saturated carbocycles. The average Bonchev–Trinajstić information content (AvgIpc) is 2.34. The van der Waals surface area contributed by atoms with Crippen LogP contribution in [-0.2, 0) is 6.54 Å². The fourth-order valence-electron chi connectivity index (χ4n) is 1.70. The maximum absolute atomic E-state index is 3.59. The molecule has 96 valence electrons. The van der Waals surface area contributed by atoms with Gasteiger partial charge in [-0.25, -0.2) is 0 Å². The lowest BCUT2D eigenvalue weighted by molar-refractivity contribution is 0.362. The van der Waals surface area contributed by atoms with E-state index in [2.05, 4.69) is 61.7 Å². The van der Waals surface area contributed by atoms with Crippen molar-refractivity contribution in [1.29, 1.82) is 0 Å². The minimum absolute atomic E-state index is 0.142. The lowest BCUT2D eigenvalue weighted by atomic mass is 10.0. The molecule has 0 heterocycles. The Morgan fingerprint density at radius 1 is 1.12 bits per heavy atom. The second-order valence-corrected chi connectivity index (χ2v) is 5.25. The molecule has 0 saturated heterocycles. The van der Waals surface area contributed by atoms with Crippen molar-refractivity contribution in [3.63, 3.8) is 0 Å². The molecule has 1 aromatic rings. The maximum Gasteiger partial charge on any atom is 0.0252 e. The summed E-state index contributed by atoms with van der Waals surface area (Å²) in [6.07, 6.45) is 2.51. The van der Waals surface area contributed by atoms with Crippen LogP contribution in [0.15, 0.2) is 30.3 Å². The van der Waals surface area contributed by atoms with Crippen molar-refractivity contribution in [3.8, 4) is 0 Å². The molecule has 2 nitrogen and oxygen atoms in total. The van der Waals surface area contributed by atoms with Crippen molar-refractivity contribution >= 4 is 0 Å². The van der Waals surface area contributed by atoms with Gasteiger partial charge < -0.3 is 10.6 Å². The van der Waals surface area contributed by atoms with Crippen molar-refractivity contribution in [1.82, 2.24) is 10.6 Å². The lowest BCUT2D eigenvalue weighted by Gasteiger charge is -2.27. The molecule has 1 aromatic carbocycles. The van der Waals surface area contributed by atoms with Crippen molar-refractivity contribution in [2.45, 2.75) is 45.7 Å². The summed E-state index contributed by atoms with van der Waals surface area (Å²) >= 11 is 0. The second-order valence-electron chi connectivity index (χ2n) is 5.25. The van der Waals surface area contributed by atoms with Gasteiger partial charge in [-0.3, -0.25) is 0 Å². The van der Waals surface area contributed by atoms with Gasteiger partial charge in [-0.2, -0.15) is 0 Å². The van der Waals surface area contributed by atoms with E-state index < -0.39 is 0 Å². The Bertz CT molecular complexity index is 293. The lowest BCUT2D eigenvalue weighted by Crippen LogP contribution is -2.47. The van der Waals surface area contributed by atoms with E-state index in [9.17, 15) is 0 Å². The first-order valence-corrected chi connectivity index (χ1v) is 6.64. The van der Waals surface area contributed by atoms with E-state index in [1.807, 2.05) is 0 Å². The Balaban J connectivity index is 2.24. The molecule has 0 unspecified atom stereocenters. The SMILES string of the molecule is CCCCNCC(C)(C)NCc1ccccc1. The van der Waals surface area contributed by atoms with Crippen LogP contribution >= 0.6 is 0 Å². The standard InChI is InChI=1S/C15H26N2/c1-4-5-11-16-13-15(2,3)17-12-14-9-7-6-8-10-14/h6-10,16-17H,4-5,11-13H2,1-3H3. The molecule has 0 aliphatic rings. The number of unbranched alkanes of at least 4 members (excludes halogenated alkanes) is 1. The van der Waals surface area contributed by atoms with Crippen LogP contribution in [0.5, 0.6) is 0 Å². The Morgan fingerprint density at radius 2 is 1.82 bits per heavy atom. The van der Waals surface area contributed by atoms with E-state index in [0.717, 1.165) is 19.6 Å². The summed E-state index contributed by atoms with van der Waals surface area (Å²) < 4.78 is 0. The topological polar surface area (TPSA) is 24.1 Å². The quantitative estimate of drug-likeness (QED) is 0.676. The summed E-state index contributed by atoms with van der Waals surface area (Å²) in [5.41, 5.74) is 1.48. The third-order valence-corrected chi connectivity index (χ3v) is 2.89. The second kappa shape index (κ2) is 7.46. The Morgan fingerprint density at radius 3 is 2.47 bits per heavy atom. The highest BCUT2D eigenvalue weighted by atomic mass is 15.0. The van der Waals surface area contributed by atoms with E-state index in [4.69, 9.17) is 0 Å². The molecule has 0 amide bonds. The molecular formula is C15H26N2. The minimum atomic E-state index is 0.142. The normalized spacial score (nSPS) is 11.7. The molecule has 17 heavy (non-hydrogen) atoms. The van der Waals surface area contributed by atoms with Crippen LogP contribution in [-0.4, -0.2) is 18.6 Å². The van der Waals surface area contributed by atoms with E-state index >= 15 is 0 Å². The molecule has 2 heteroatoms. The maximum atomic E-state index is 3.59. The number of hydrogen-bond donors (Lipinski definition) is 2.